The first-order chi connectivity index (χ1) is 14.9. The second kappa shape index (κ2) is 9.08. The van der Waals surface area contributed by atoms with E-state index in [2.05, 4.69) is 0 Å². The molecule has 1 amide bonds. The van der Waals surface area contributed by atoms with Gasteiger partial charge in [-0.25, -0.2) is 4.99 Å². The molecule has 5 atom stereocenters. The van der Waals surface area contributed by atoms with Crippen molar-refractivity contribution in [3.63, 3.8) is 0 Å². The lowest BCUT2D eigenvalue weighted by Crippen LogP contribution is -2.58. The molecule has 4 rings (SSSR count). The largest absolute Gasteiger partial charge is 0.497 e. The van der Waals surface area contributed by atoms with E-state index in [4.69, 9.17) is 27.1 Å². The zero-order valence-corrected chi connectivity index (χ0v) is 18.5. The van der Waals surface area contributed by atoms with Crippen LogP contribution in [0.15, 0.2) is 53.5 Å². The van der Waals surface area contributed by atoms with Crippen LogP contribution in [-0.2, 0) is 11.3 Å². The second-order valence-corrected chi connectivity index (χ2v) is 9.30. The average Bonchev–Trinajstić information content (AvgIpc) is 3.10. The number of carbonyl (C=O) groups is 1. The van der Waals surface area contributed by atoms with Crippen LogP contribution in [0.25, 0.3) is 0 Å². The molecule has 5 unspecified atom stereocenters. The molecule has 1 aliphatic carbocycles. The van der Waals surface area contributed by atoms with Gasteiger partial charge in [-0.1, -0.05) is 35.5 Å². The van der Waals surface area contributed by atoms with Gasteiger partial charge in [0.1, 0.15) is 11.9 Å². The number of nitrogens with zero attached hydrogens (tertiary/aromatic N) is 2. The summed E-state index contributed by atoms with van der Waals surface area (Å²) in [5.74, 6) is -0.301. The predicted octanol–water partition coefficient (Wildman–Crippen LogP) is 2.55. The molecule has 2 fully saturated rings. The number of rotatable bonds is 5. The Bertz CT molecular complexity index is 970. The molecule has 0 aromatic heterocycles. The van der Waals surface area contributed by atoms with Crippen molar-refractivity contribution in [2.45, 2.75) is 36.5 Å². The lowest BCUT2D eigenvalue weighted by molar-refractivity contribution is -0.128. The number of aliphatic imine (C=N–C) groups is 1. The van der Waals surface area contributed by atoms with E-state index in [1.165, 1.54) is 11.8 Å². The van der Waals surface area contributed by atoms with Crippen molar-refractivity contribution in [2.75, 3.05) is 7.11 Å². The number of primary amides is 1. The van der Waals surface area contributed by atoms with Crippen molar-refractivity contribution in [1.29, 1.82) is 0 Å². The number of amidine groups is 1. The predicted molar refractivity (Wildman–Crippen MR) is 122 cm³/mol. The van der Waals surface area contributed by atoms with E-state index >= 15 is 0 Å². The van der Waals surface area contributed by atoms with Crippen molar-refractivity contribution in [2.24, 2.45) is 16.6 Å². The highest BCUT2D eigenvalue weighted by Gasteiger charge is 2.54. The van der Waals surface area contributed by atoms with E-state index in [9.17, 15) is 15.0 Å². The maximum atomic E-state index is 12.1. The number of fused-ring (bicyclic) bond motifs is 1. The molecule has 2 aromatic rings. The third-order valence-electron chi connectivity index (χ3n) is 5.75. The van der Waals surface area contributed by atoms with Gasteiger partial charge < -0.3 is 25.6 Å². The average molecular weight is 462 g/mol. The van der Waals surface area contributed by atoms with Gasteiger partial charge in [0.15, 0.2) is 5.17 Å². The van der Waals surface area contributed by atoms with Crippen LogP contribution in [0.3, 0.4) is 0 Å². The van der Waals surface area contributed by atoms with E-state index in [0.717, 1.165) is 11.3 Å². The number of nitrogens with two attached hydrogens (primary N) is 1. The minimum absolute atomic E-state index is 0.134. The van der Waals surface area contributed by atoms with Gasteiger partial charge in [-0.05, 0) is 48.4 Å². The van der Waals surface area contributed by atoms with E-state index in [1.54, 1.807) is 31.4 Å². The van der Waals surface area contributed by atoms with Gasteiger partial charge in [0.05, 0.1) is 30.9 Å². The summed E-state index contributed by atoms with van der Waals surface area (Å²) in [6.45, 7) is 0.444. The highest BCUT2D eigenvalue weighted by atomic mass is 35.5. The number of hydrogen-bond donors (Lipinski definition) is 3. The minimum atomic E-state index is -1.03. The van der Waals surface area contributed by atoms with Crippen molar-refractivity contribution >= 4 is 40.1 Å². The van der Waals surface area contributed by atoms with Crippen LogP contribution in [0.2, 0.25) is 5.02 Å². The summed E-state index contributed by atoms with van der Waals surface area (Å²) in [4.78, 5) is 18.8. The standard InChI is InChI=1S/C22H24ClN3O4S/c1-30-15-8-2-12(3-9-15)11-26-18-19(28)17(27)10-16(21(24)29)20(18)31-22(26)25-14-6-4-13(23)5-7-14/h2-9,16-20,27-28H,10-11H2,1H3,(H2,24,29). The van der Waals surface area contributed by atoms with Crippen molar-refractivity contribution in [3.05, 3.63) is 59.1 Å². The fraction of sp³-hybridized carbons (Fsp3) is 0.364. The number of amides is 1. The summed E-state index contributed by atoms with van der Waals surface area (Å²) in [6, 6.07) is 14.2. The molecule has 2 aliphatic rings. The molecular weight excluding hydrogens is 438 g/mol. The van der Waals surface area contributed by atoms with Gasteiger partial charge in [-0.15, -0.1) is 0 Å². The molecule has 1 saturated heterocycles. The Hall–Kier alpha value is -2.26. The van der Waals surface area contributed by atoms with Gasteiger partial charge in [0.2, 0.25) is 5.91 Å². The second-order valence-electron chi connectivity index (χ2n) is 7.72. The Kier molecular flexibility index (Phi) is 6.43. The summed E-state index contributed by atoms with van der Waals surface area (Å²) < 4.78 is 5.23. The molecule has 1 aliphatic heterocycles. The van der Waals surface area contributed by atoms with Crippen molar-refractivity contribution in [1.82, 2.24) is 4.90 Å². The molecule has 164 valence electrons. The number of aliphatic hydroxyl groups is 2. The first kappa shape index (κ1) is 22.0. The molecule has 0 radical (unpaired) electrons. The molecule has 31 heavy (non-hydrogen) atoms. The Labute approximate surface area is 189 Å². The van der Waals surface area contributed by atoms with E-state index in [-0.39, 0.29) is 11.7 Å². The number of hydrogen-bond acceptors (Lipinski definition) is 6. The molecule has 0 spiro atoms. The number of halogens is 1. The van der Waals surface area contributed by atoms with Crippen molar-refractivity contribution in [3.8, 4) is 5.75 Å². The van der Waals surface area contributed by atoms with E-state index in [0.29, 0.717) is 22.4 Å². The third kappa shape index (κ3) is 4.52. The Morgan fingerprint density at radius 3 is 2.52 bits per heavy atom. The third-order valence-corrected chi connectivity index (χ3v) is 7.42. The topological polar surface area (TPSA) is 108 Å². The molecular formula is C22H24ClN3O4S. The molecule has 7 nitrogen and oxygen atoms in total. The summed E-state index contributed by atoms with van der Waals surface area (Å²) in [5.41, 5.74) is 7.33. The van der Waals surface area contributed by atoms with Gasteiger partial charge in [0.25, 0.3) is 0 Å². The van der Waals surface area contributed by atoms with E-state index in [1.807, 2.05) is 29.2 Å². The smallest absolute Gasteiger partial charge is 0.221 e. The number of methoxy groups -OCH3 is 1. The molecule has 4 N–H and O–H groups in total. The molecule has 1 saturated carbocycles. The first-order valence-corrected chi connectivity index (χ1v) is 11.2. The molecule has 0 bridgehead atoms. The maximum Gasteiger partial charge on any atom is 0.221 e. The molecule has 2 aromatic carbocycles. The Morgan fingerprint density at radius 1 is 1.23 bits per heavy atom. The zero-order chi connectivity index (χ0) is 22.1. The van der Waals surface area contributed by atoms with Crippen LogP contribution in [0.4, 0.5) is 5.69 Å². The quantitative estimate of drug-likeness (QED) is 0.631. The number of ether oxygens (including phenoxy) is 1. The number of aliphatic hydroxyl groups excluding tert-OH is 2. The molecule has 1 heterocycles. The maximum absolute atomic E-state index is 12.1. The van der Waals surface area contributed by atoms with Crippen LogP contribution in [0.5, 0.6) is 5.75 Å². The monoisotopic (exact) mass is 461 g/mol. The van der Waals surface area contributed by atoms with Gasteiger partial charge in [-0.3, -0.25) is 4.79 Å². The molecule has 9 heteroatoms. The summed E-state index contributed by atoms with van der Waals surface area (Å²) in [7, 11) is 1.61. The van der Waals surface area contributed by atoms with Crippen LogP contribution < -0.4 is 10.5 Å². The number of benzene rings is 2. The first-order valence-electron chi connectivity index (χ1n) is 9.93. The fourth-order valence-electron chi connectivity index (χ4n) is 4.12. The zero-order valence-electron chi connectivity index (χ0n) is 16.9. The van der Waals surface area contributed by atoms with Crippen LogP contribution in [0.1, 0.15) is 12.0 Å². The lowest BCUT2D eigenvalue weighted by Gasteiger charge is -2.41. The van der Waals surface area contributed by atoms with Gasteiger partial charge in [0, 0.05) is 16.8 Å². The van der Waals surface area contributed by atoms with Crippen LogP contribution in [0, 0.1) is 5.92 Å². The number of carbonyl (C=O) groups excluding carboxylic acids is 1. The number of thioether (sulfide) groups is 1. The highest BCUT2D eigenvalue weighted by Crippen LogP contribution is 2.45. The van der Waals surface area contributed by atoms with Crippen molar-refractivity contribution < 1.29 is 19.7 Å². The summed E-state index contributed by atoms with van der Waals surface area (Å²) >= 11 is 7.41. The lowest BCUT2D eigenvalue weighted by atomic mass is 9.80. The SMILES string of the molecule is COc1ccc(CN2C(=Nc3ccc(Cl)cc3)SC3C(C(N)=O)CC(O)C(O)C32)cc1. The summed E-state index contributed by atoms with van der Waals surface area (Å²) in [6.07, 6.45) is -1.92. The Morgan fingerprint density at radius 2 is 1.90 bits per heavy atom. The van der Waals surface area contributed by atoms with Crippen LogP contribution in [-0.4, -0.2) is 56.8 Å². The fourth-order valence-corrected chi connectivity index (χ4v) is 5.83. The normalized spacial score (nSPS) is 29.1. The van der Waals surface area contributed by atoms with Gasteiger partial charge in [-0.2, -0.15) is 0 Å². The van der Waals surface area contributed by atoms with Crippen LogP contribution >= 0.6 is 23.4 Å². The summed E-state index contributed by atoms with van der Waals surface area (Å²) in [5, 5.41) is 22.3. The van der Waals surface area contributed by atoms with E-state index < -0.39 is 30.1 Å². The Balaban J connectivity index is 1.72. The van der Waals surface area contributed by atoms with Gasteiger partial charge >= 0.3 is 0 Å². The highest BCUT2D eigenvalue weighted by molar-refractivity contribution is 8.14. The minimum Gasteiger partial charge on any atom is -0.497 e.